The first-order valence-electron chi connectivity index (χ1n) is 7.31. The molecule has 0 spiro atoms. The van der Waals surface area contributed by atoms with E-state index < -0.39 is 0 Å². The van der Waals surface area contributed by atoms with Gasteiger partial charge in [-0.25, -0.2) is 0 Å². The van der Waals surface area contributed by atoms with Crippen LogP contribution in [0.3, 0.4) is 0 Å². The first-order valence-corrected chi connectivity index (χ1v) is 7.31. The molecule has 0 radical (unpaired) electrons. The van der Waals surface area contributed by atoms with Gasteiger partial charge in [0.15, 0.2) is 0 Å². The zero-order valence-electron chi connectivity index (χ0n) is 12.0. The largest absolute Gasteiger partial charge is 0.507 e. The van der Waals surface area contributed by atoms with Gasteiger partial charge in [-0.05, 0) is 38.3 Å². The number of phenolic OH excluding ortho intramolecular Hbond substituents is 1. The van der Waals surface area contributed by atoms with Gasteiger partial charge < -0.3 is 15.2 Å². The molecule has 3 heteroatoms. The van der Waals surface area contributed by atoms with E-state index in [4.69, 9.17) is 4.74 Å². The average Bonchev–Trinajstić information content (AvgIpc) is 2.45. The van der Waals surface area contributed by atoms with Gasteiger partial charge >= 0.3 is 0 Å². The lowest BCUT2D eigenvalue weighted by atomic mass is 9.89. The Kier molecular flexibility index (Phi) is 5.08. The molecule has 0 heterocycles. The van der Waals surface area contributed by atoms with Gasteiger partial charge in [0.1, 0.15) is 11.5 Å². The lowest BCUT2D eigenvalue weighted by Gasteiger charge is -2.24. The molecule has 1 saturated carbocycles. The fourth-order valence-corrected chi connectivity index (χ4v) is 2.86. The molecule has 1 atom stereocenters. The van der Waals surface area contributed by atoms with E-state index in [-0.39, 0.29) is 6.04 Å². The Morgan fingerprint density at radius 3 is 2.68 bits per heavy atom. The molecule has 1 aliphatic rings. The normalized spacial score (nSPS) is 18.2. The predicted octanol–water partition coefficient (Wildman–Crippen LogP) is 3.63. The van der Waals surface area contributed by atoms with Crippen molar-refractivity contribution >= 4 is 0 Å². The van der Waals surface area contributed by atoms with E-state index in [2.05, 4.69) is 12.2 Å². The van der Waals surface area contributed by atoms with Gasteiger partial charge in [0.25, 0.3) is 0 Å². The minimum absolute atomic E-state index is 0.174. The molecule has 19 heavy (non-hydrogen) atoms. The summed E-state index contributed by atoms with van der Waals surface area (Å²) in [4.78, 5) is 0. The molecule has 1 aromatic carbocycles. The first kappa shape index (κ1) is 14.2. The second-order valence-electron chi connectivity index (χ2n) is 5.56. The summed E-state index contributed by atoms with van der Waals surface area (Å²) in [5.74, 6) is 1.81. The molecule has 2 N–H and O–H groups in total. The first-order chi connectivity index (χ1) is 9.20. The van der Waals surface area contributed by atoms with Crippen molar-refractivity contribution in [3.63, 3.8) is 0 Å². The Bertz CT molecular complexity index is 400. The highest BCUT2D eigenvalue weighted by Crippen LogP contribution is 2.29. The van der Waals surface area contributed by atoms with Crippen LogP contribution in [0.1, 0.15) is 50.6 Å². The smallest absolute Gasteiger partial charge is 0.124 e. The number of hydrogen-bond acceptors (Lipinski definition) is 3. The Labute approximate surface area is 116 Å². The number of rotatable bonds is 5. The summed E-state index contributed by atoms with van der Waals surface area (Å²) in [5, 5.41) is 13.6. The van der Waals surface area contributed by atoms with Crippen LogP contribution in [0.4, 0.5) is 0 Å². The fraction of sp³-hybridized carbons (Fsp3) is 0.625. The molecule has 3 nitrogen and oxygen atoms in total. The summed E-state index contributed by atoms with van der Waals surface area (Å²) in [5.41, 5.74) is 0.941. The van der Waals surface area contributed by atoms with Crippen LogP contribution in [0.15, 0.2) is 18.2 Å². The Morgan fingerprint density at radius 1 is 1.32 bits per heavy atom. The number of methoxy groups -OCH3 is 1. The van der Waals surface area contributed by atoms with E-state index in [1.165, 1.54) is 32.1 Å². The van der Waals surface area contributed by atoms with Crippen LogP contribution in [0, 0.1) is 5.92 Å². The van der Waals surface area contributed by atoms with Crippen molar-refractivity contribution in [3.8, 4) is 11.5 Å². The highest BCUT2D eigenvalue weighted by atomic mass is 16.5. The maximum Gasteiger partial charge on any atom is 0.124 e. The van der Waals surface area contributed by atoms with E-state index in [0.717, 1.165) is 18.0 Å². The fourth-order valence-electron chi connectivity index (χ4n) is 2.86. The van der Waals surface area contributed by atoms with E-state index in [0.29, 0.717) is 11.5 Å². The quantitative estimate of drug-likeness (QED) is 0.852. The molecule has 1 aliphatic carbocycles. The van der Waals surface area contributed by atoms with Crippen LogP contribution in [0.25, 0.3) is 0 Å². The number of phenols is 1. The standard InChI is InChI=1S/C16H25NO2/c1-12(17-11-13-6-4-3-5-7-13)15-9-8-14(19-2)10-16(15)18/h8-10,12-13,17-18H,3-7,11H2,1-2H3. The second-order valence-corrected chi connectivity index (χ2v) is 5.56. The van der Waals surface area contributed by atoms with E-state index >= 15 is 0 Å². The highest BCUT2D eigenvalue weighted by molar-refractivity contribution is 5.41. The van der Waals surface area contributed by atoms with Gasteiger partial charge in [-0.3, -0.25) is 0 Å². The van der Waals surface area contributed by atoms with Crippen LogP contribution >= 0.6 is 0 Å². The molecule has 1 fully saturated rings. The van der Waals surface area contributed by atoms with Crippen LogP contribution in [-0.4, -0.2) is 18.8 Å². The Balaban J connectivity index is 1.89. The van der Waals surface area contributed by atoms with Gasteiger partial charge in [0.2, 0.25) is 0 Å². The molecular weight excluding hydrogens is 238 g/mol. The SMILES string of the molecule is COc1ccc(C(C)NCC2CCCCC2)c(O)c1. The molecule has 0 aromatic heterocycles. The van der Waals surface area contributed by atoms with Crippen molar-refractivity contribution in [1.82, 2.24) is 5.32 Å². The number of hydrogen-bond donors (Lipinski definition) is 2. The zero-order chi connectivity index (χ0) is 13.7. The predicted molar refractivity (Wildman–Crippen MR) is 77.7 cm³/mol. The molecule has 1 aromatic rings. The Morgan fingerprint density at radius 2 is 2.05 bits per heavy atom. The average molecular weight is 263 g/mol. The van der Waals surface area contributed by atoms with Crippen LogP contribution in [0.5, 0.6) is 11.5 Å². The number of ether oxygens (including phenoxy) is 1. The molecular formula is C16H25NO2. The van der Waals surface area contributed by atoms with Crippen molar-refractivity contribution < 1.29 is 9.84 Å². The number of aromatic hydroxyl groups is 1. The molecule has 2 rings (SSSR count). The van der Waals surface area contributed by atoms with Gasteiger partial charge in [0, 0.05) is 17.7 Å². The molecule has 106 valence electrons. The minimum atomic E-state index is 0.174. The molecule has 0 bridgehead atoms. The third-order valence-electron chi connectivity index (χ3n) is 4.14. The van der Waals surface area contributed by atoms with Gasteiger partial charge in [-0.1, -0.05) is 25.3 Å². The summed E-state index contributed by atoms with van der Waals surface area (Å²) < 4.78 is 5.10. The molecule has 1 unspecified atom stereocenters. The van der Waals surface area contributed by atoms with Crippen molar-refractivity contribution in [2.45, 2.75) is 45.1 Å². The summed E-state index contributed by atoms with van der Waals surface area (Å²) >= 11 is 0. The van der Waals surface area contributed by atoms with E-state index in [9.17, 15) is 5.11 Å². The maximum atomic E-state index is 10.0. The minimum Gasteiger partial charge on any atom is -0.507 e. The topological polar surface area (TPSA) is 41.5 Å². The van der Waals surface area contributed by atoms with Crippen molar-refractivity contribution in [2.24, 2.45) is 5.92 Å². The van der Waals surface area contributed by atoms with Crippen LogP contribution in [0.2, 0.25) is 0 Å². The molecule has 0 amide bonds. The lowest BCUT2D eigenvalue weighted by Crippen LogP contribution is -2.27. The van der Waals surface area contributed by atoms with Gasteiger partial charge in [-0.15, -0.1) is 0 Å². The van der Waals surface area contributed by atoms with Crippen molar-refractivity contribution in [1.29, 1.82) is 0 Å². The summed E-state index contributed by atoms with van der Waals surface area (Å²) in [6.07, 6.45) is 6.82. The summed E-state index contributed by atoms with van der Waals surface area (Å²) in [7, 11) is 1.61. The molecule has 0 aliphatic heterocycles. The number of nitrogens with one attached hydrogen (secondary N) is 1. The highest BCUT2D eigenvalue weighted by Gasteiger charge is 2.16. The second kappa shape index (κ2) is 6.80. The zero-order valence-corrected chi connectivity index (χ0v) is 12.0. The van der Waals surface area contributed by atoms with Gasteiger partial charge in [-0.2, -0.15) is 0 Å². The van der Waals surface area contributed by atoms with Crippen molar-refractivity contribution in [2.75, 3.05) is 13.7 Å². The third kappa shape index (κ3) is 3.87. The molecule has 0 saturated heterocycles. The third-order valence-corrected chi connectivity index (χ3v) is 4.14. The maximum absolute atomic E-state index is 10.0. The van der Waals surface area contributed by atoms with Crippen LogP contribution < -0.4 is 10.1 Å². The van der Waals surface area contributed by atoms with E-state index in [1.54, 1.807) is 13.2 Å². The van der Waals surface area contributed by atoms with Gasteiger partial charge in [0.05, 0.1) is 7.11 Å². The van der Waals surface area contributed by atoms with Crippen molar-refractivity contribution in [3.05, 3.63) is 23.8 Å². The monoisotopic (exact) mass is 263 g/mol. The van der Waals surface area contributed by atoms with E-state index in [1.807, 2.05) is 12.1 Å². The summed E-state index contributed by atoms with van der Waals surface area (Å²) in [6, 6.07) is 5.68. The lowest BCUT2D eigenvalue weighted by molar-refractivity contribution is 0.329. The summed E-state index contributed by atoms with van der Waals surface area (Å²) in [6.45, 7) is 3.15. The Hall–Kier alpha value is -1.22. The number of benzene rings is 1. The van der Waals surface area contributed by atoms with Crippen LogP contribution in [-0.2, 0) is 0 Å².